The van der Waals surface area contributed by atoms with Gasteiger partial charge in [-0.3, -0.25) is 4.98 Å². The van der Waals surface area contributed by atoms with E-state index in [2.05, 4.69) is 39.6 Å². The lowest BCUT2D eigenvalue weighted by molar-refractivity contribution is 0.586. The average Bonchev–Trinajstić information content (AvgIpc) is 2.94. The highest BCUT2D eigenvalue weighted by Gasteiger charge is 2.12. The lowest BCUT2D eigenvalue weighted by atomic mass is 10.1. The van der Waals surface area contributed by atoms with E-state index in [4.69, 9.17) is 0 Å². The summed E-state index contributed by atoms with van der Waals surface area (Å²) < 4.78 is 2.44. The monoisotopic (exact) mass is 256 g/mol. The van der Waals surface area contributed by atoms with Gasteiger partial charge in [-0.1, -0.05) is 18.2 Å². The maximum atomic E-state index is 4.15. The van der Waals surface area contributed by atoms with Crippen molar-refractivity contribution < 1.29 is 0 Å². The molecule has 0 saturated carbocycles. The van der Waals surface area contributed by atoms with Crippen molar-refractivity contribution in [2.75, 3.05) is 13.1 Å². The Kier molecular flexibility index (Phi) is 3.62. The molecule has 0 N–H and O–H groups in total. The van der Waals surface area contributed by atoms with Crippen LogP contribution >= 0.6 is 11.9 Å². The molecule has 1 fully saturated rings. The molecule has 3 heteroatoms. The first-order valence-corrected chi connectivity index (χ1v) is 7.12. The summed E-state index contributed by atoms with van der Waals surface area (Å²) in [5.74, 6) is 0. The molecule has 0 bridgehead atoms. The van der Waals surface area contributed by atoms with Crippen molar-refractivity contribution >= 4 is 11.9 Å². The molecular weight excluding hydrogens is 240 g/mol. The fourth-order valence-corrected chi connectivity index (χ4v) is 3.17. The molecule has 0 amide bonds. The molecule has 0 spiro atoms. The number of pyridine rings is 1. The van der Waals surface area contributed by atoms with Gasteiger partial charge >= 0.3 is 0 Å². The van der Waals surface area contributed by atoms with Crippen LogP contribution in [0.1, 0.15) is 12.8 Å². The molecule has 1 saturated heterocycles. The molecule has 0 radical (unpaired) electrons. The van der Waals surface area contributed by atoms with Crippen molar-refractivity contribution in [3.05, 3.63) is 48.8 Å². The summed E-state index contributed by atoms with van der Waals surface area (Å²) in [6, 6.07) is 12.8. The molecule has 3 rings (SSSR count). The van der Waals surface area contributed by atoms with Crippen LogP contribution in [0.4, 0.5) is 0 Å². The molecule has 0 atom stereocenters. The molecule has 1 aliphatic heterocycles. The zero-order chi connectivity index (χ0) is 12.2. The van der Waals surface area contributed by atoms with Crippen molar-refractivity contribution in [3.8, 4) is 11.1 Å². The second kappa shape index (κ2) is 5.55. The van der Waals surface area contributed by atoms with E-state index in [1.165, 1.54) is 42.0 Å². The van der Waals surface area contributed by atoms with Crippen molar-refractivity contribution in [3.63, 3.8) is 0 Å². The highest BCUT2D eigenvalue weighted by molar-refractivity contribution is 7.97. The van der Waals surface area contributed by atoms with Crippen molar-refractivity contribution in [2.45, 2.75) is 17.7 Å². The van der Waals surface area contributed by atoms with E-state index in [0.29, 0.717) is 0 Å². The minimum atomic E-state index is 1.18. The predicted molar refractivity (Wildman–Crippen MR) is 76.3 cm³/mol. The number of nitrogens with zero attached hydrogens (tertiary/aromatic N) is 2. The van der Waals surface area contributed by atoms with E-state index in [1.54, 1.807) is 6.20 Å². The van der Waals surface area contributed by atoms with Crippen LogP contribution in [0.15, 0.2) is 53.7 Å². The third kappa shape index (κ3) is 2.74. The van der Waals surface area contributed by atoms with Crippen molar-refractivity contribution in [1.29, 1.82) is 0 Å². The van der Waals surface area contributed by atoms with E-state index in [0.717, 1.165) is 0 Å². The van der Waals surface area contributed by atoms with Crippen LogP contribution in [0.25, 0.3) is 11.1 Å². The molecule has 2 aromatic rings. The molecule has 1 aromatic carbocycles. The lowest BCUT2D eigenvalue weighted by Gasteiger charge is -2.13. The first-order valence-electron chi connectivity index (χ1n) is 6.35. The highest BCUT2D eigenvalue weighted by Crippen LogP contribution is 2.28. The molecule has 0 unspecified atom stereocenters. The summed E-state index contributed by atoms with van der Waals surface area (Å²) in [6.45, 7) is 2.43. The Morgan fingerprint density at radius 2 is 1.72 bits per heavy atom. The maximum absolute atomic E-state index is 4.15. The van der Waals surface area contributed by atoms with Crippen LogP contribution in [-0.4, -0.2) is 22.4 Å². The van der Waals surface area contributed by atoms with Gasteiger partial charge in [0.15, 0.2) is 0 Å². The molecule has 92 valence electrons. The van der Waals surface area contributed by atoms with Crippen LogP contribution in [0.2, 0.25) is 0 Å². The number of aromatic nitrogens is 1. The Labute approximate surface area is 112 Å². The van der Waals surface area contributed by atoms with Gasteiger partial charge in [0.2, 0.25) is 0 Å². The van der Waals surface area contributed by atoms with Gasteiger partial charge in [-0.15, -0.1) is 0 Å². The smallest absolute Gasteiger partial charge is 0.0346 e. The molecule has 2 nitrogen and oxygen atoms in total. The predicted octanol–water partition coefficient (Wildman–Crippen LogP) is 3.85. The van der Waals surface area contributed by atoms with Gasteiger partial charge in [0.25, 0.3) is 0 Å². The fraction of sp³-hybridized carbons (Fsp3) is 0.267. The van der Waals surface area contributed by atoms with E-state index in [-0.39, 0.29) is 0 Å². The average molecular weight is 256 g/mol. The Morgan fingerprint density at radius 3 is 2.39 bits per heavy atom. The van der Waals surface area contributed by atoms with Crippen LogP contribution in [0.3, 0.4) is 0 Å². The van der Waals surface area contributed by atoms with Gasteiger partial charge in [0.1, 0.15) is 0 Å². The second-order valence-electron chi connectivity index (χ2n) is 4.49. The third-order valence-electron chi connectivity index (χ3n) is 3.15. The molecule has 1 aromatic heterocycles. The van der Waals surface area contributed by atoms with Gasteiger partial charge < -0.3 is 0 Å². The number of rotatable bonds is 3. The number of benzene rings is 1. The molecule has 18 heavy (non-hydrogen) atoms. The number of hydrogen-bond donors (Lipinski definition) is 0. The zero-order valence-corrected chi connectivity index (χ0v) is 11.1. The molecule has 2 heterocycles. The highest BCUT2D eigenvalue weighted by atomic mass is 32.2. The van der Waals surface area contributed by atoms with Gasteiger partial charge in [-0.05, 0) is 54.1 Å². The summed E-state index contributed by atoms with van der Waals surface area (Å²) in [4.78, 5) is 5.48. The molecule has 0 aliphatic carbocycles. The first-order chi connectivity index (χ1) is 8.92. The fourth-order valence-electron chi connectivity index (χ4n) is 2.17. The Hall–Kier alpha value is -1.32. The van der Waals surface area contributed by atoms with Crippen molar-refractivity contribution in [1.82, 2.24) is 9.29 Å². The second-order valence-corrected chi connectivity index (χ2v) is 5.66. The maximum Gasteiger partial charge on any atom is 0.0346 e. The van der Waals surface area contributed by atoms with Crippen molar-refractivity contribution in [2.24, 2.45) is 0 Å². The zero-order valence-electron chi connectivity index (χ0n) is 10.2. The summed E-state index contributed by atoms with van der Waals surface area (Å²) in [5, 5.41) is 0. The summed E-state index contributed by atoms with van der Waals surface area (Å²) >= 11 is 1.87. The Bertz CT molecular complexity index is 490. The largest absolute Gasteiger partial charge is 0.264 e. The van der Waals surface area contributed by atoms with E-state index in [9.17, 15) is 0 Å². The van der Waals surface area contributed by atoms with Crippen LogP contribution in [0.5, 0.6) is 0 Å². The Morgan fingerprint density at radius 1 is 0.944 bits per heavy atom. The minimum absolute atomic E-state index is 1.18. The molecule has 1 aliphatic rings. The van der Waals surface area contributed by atoms with E-state index < -0.39 is 0 Å². The summed E-state index contributed by atoms with van der Waals surface area (Å²) in [7, 11) is 0. The molecular formula is C15H16N2S. The van der Waals surface area contributed by atoms with Crippen LogP contribution < -0.4 is 0 Å². The quantitative estimate of drug-likeness (QED) is 0.776. The van der Waals surface area contributed by atoms with Gasteiger partial charge in [-0.25, -0.2) is 4.31 Å². The standard InChI is InChI=1S/C15H16N2S/c1-2-11-17(10-1)18-15-7-5-13(6-8-15)14-4-3-9-16-12-14/h3-9,12H,1-2,10-11H2. The Balaban J connectivity index is 1.72. The van der Waals surface area contributed by atoms with E-state index >= 15 is 0 Å². The SMILES string of the molecule is c1cncc(-c2ccc(SN3CCCC3)cc2)c1. The van der Waals surface area contributed by atoms with Gasteiger partial charge in [-0.2, -0.15) is 0 Å². The summed E-state index contributed by atoms with van der Waals surface area (Å²) in [6.07, 6.45) is 6.38. The van der Waals surface area contributed by atoms with Crippen LogP contribution in [0, 0.1) is 0 Å². The first kappa shape index (κ1) is 11.8. The normalized spacial score (nSPS) is 16.0. The van der Waals surface area contributed by atoms with E-state index in [1.807, 2.05) is 24.2 Å². The van der Waals surface area contributed by atoms with Crippen LogP contribution in [-0.2, 0) is 0 Å². The summed E-state index contributed by atoms with van der Waals surface area (Å²) in [5.41, 5.74) is 2.41. The lowest BCUT2D eigenvalue weighted by Crippen LogP contribution is -2.08. The minimum Gasteiger partial charge on any atom is -0.264 e. The van der Waals surface area contributed by atoms with Gasteiger partial charge in [0.05, 0.1) is 0 Å². The third-order valence-corrected chi connectivity index (χ3v) is 4.26. The number of hydrogen-bond acceptors (Lipinski definition) is 3. The topological polar surface area (TPSA) is 16.1 Å². The van der Waals surface area contributed by atoms with Gasteiger partial charge in [0, 0.05) is 30.4 Å².